The molecule has 3 N–H and O–H groups in total. The van der Waals surface area contributed by atoms with E-state index in [1.165, 1.54) is 47.3 Å². The van der Waals surface area contributed by atoms with Gasteiger partial charge in [-0.1, -0.05) is 0 Å². The predicted molar refractivity (Wildman–Crippen MR) is 121 cm³/mol. The Morgan fingerprint density at radius 2 is 1.81 bits per heavy atom. The predicted octanol–water partition coefficient (Wildman–Crippen LogP) is 1.91. The Labute approximate surface area is 207 Å². The molecule has 0 aliphatic carbocycles. The molecule has 2 aromatic carbocycles. The zero-order chi connectivity index (χ0) is 25.6. The zero-order valence-electron chi connectivity index (χ0n) is 18.4. The number of halogens is 3. The molecule has 3 heterocycles. The number of ether oxygens (including phenoxy) is 1. The van der Waals surface area contributed by atoms with E-state index in [2.05, 4.69) is 10.3 Å². The van der Waals surface area contributed by atoms with Gasteiger partial charge in [0, 0.05) is 0 Å². The fraction of sp³-hybridized carbons (Fsp3) is 0.250. The third-order valence-corrected chi connectivity index (χ3v) is 9.42. The van der Waals surface area contributed by atoms with Crippen LogP contribution in [0, 0.1) is 17.5 Å². The Hall–Kier alpha value is -2.99. The summed E-state index contributed by atoms with van der Waals surface area (Å²) < 4.78 is 61.5. The van der Waals surface area contributed by atoms with E-state index < -0.39 is 68.3 Å². The Bertz CT molecular complexity index is 1390. The third-order valence-electron chi connectivity index (χ3n) is 6.13. The summed E-state index contributed by atoms with van der Waals surface area (Å²) >= 11 is -3.07. The molecule has 1 saturated heterocycles. The van der Waals surface area contributed by atoms with Crippen molar-refractivity contribution in [2.75, 3.05) is 6.61 Å². The second-order valence-corrected chi connectivity index (χ2v) is 11.4. The first kappa shape index (κ1) is 24.7. The van der Waals surface area contributed by atoms with Crippen LogP contribution >= 0.6 is 0 Å². The number of nitrogens with zero attached hydrogens (tertiary/aromatic N) is 3. The summed E-state index contributed by atoms with van der Waals surface area (Å²) in [5, 5.41) is 39.8. The Kier molecular flexibility index (Phi) is 6.73. The van der Waals surface area contributed by atoms with Gasteiger partial charge in [-0.25, -0.2) is 0 Å². The molecular formula is C24H20F3N3O5Se. The van der Waals surface area contributed by atoms with Gasteiger partial charge < -0.3 is 0 Å². The van der Waals surface area contributed by atoms with Crippen molar-refractivity contribution in [3.05, 3.63) is 88.3 Å². The normalized spacial score (nSPS) is 28.2. The number of benzene rings is 2. The van der Waals surface area contributed by atoms with Crippen LogP contribution in [0.5, 0.6) is 0 Å². The Balaban J connectivity index is 1.43. The van der Waals surface area contributed by atoms with Crippen molar-refractivity contribution < 1.29 is 37.1 Å². The fourth-order valence-electron chi connectivity index (χ4n) is 4.31. The first-order valence-electron chi connectivity index (χ1n) is 10.9. The standard InChI is InChI=1S/C24H20F3N3O5Se/c25-14-3-1-2-12(8-14)17-10-30(29-28-17)21-22(32)18(11-31)35-24(23(21)33)20-7-6-19(36(20)34)13-4-5-15(26)16(27)9-13/h1-10,18,21-24,31-33H,11H2/t18-,21+,22+,23-,24+,36?/m1/s1. The topological polar surface area (TPSA) is 118 Å². The van der Waals surface area contributed by atoms with Crippen LogP contribution in [0.2, 0.25) is 0 Å². The maximum absolute atomic E-state index is 13.7. The van der Waals surface area contributed by atoms with Gasteiger partial charge in [0.1, 0.15) is 0 Å². The van der Waals surface area contributed by atoms with E-state index in [9.17, 15) is 32.3 Å². The summed E-state index contributed by atoms with van der Waals surface area (Å²) in [5.74, 6) is -2.59. The van der Waals surface area contributed by atoms with Gasteiger partial charge >= 0.3 is 207 Å². The second kappa shape index (κ2) is 9.81. The van der Waals surface area contributed by atoms with Crippen molar-refractivity contribution in [2.24, 2.45) is 0 Å². The summed E-state index contributed by atoms with van der Waals surface area (Å²) in [6, 6.07) is 7.68. The van der Waals surface area contributed by atoms with Crippen LogP contribution in [0.3, 0.4) is 0 Å². The van der Waals surface area contributed by atoms with Gasteiger partial charge in [0.05, 0.1) is 0 Å². The molecule has 1 aromatic heterocycles. The number of rotatable bonds is 5. The number of aliphatic hydroxyl groups is 3. The van der Waals surface area contributed by atoms with Crippen LogP contribution in [0.25, 0.3) is 15.7 Å². The Morgan fingerprint density at radius 1 is 1.00 bits per heavy atom. The monoisotopic (exact) mass is 567 g/mol. The molecule has 1 fully saturated rings. The molecule has 188 valence electrons. The van der Waals surface area contributed by atoms with Crippen molar-refractivity contribution >= 4 is 18.3 Å². The summed E-state index contributed by atoms with van der Waals surface area (Å²) in [6.45, 7) is -0.605. The van der Waals surface area contributed by atoms with Crippen molar-refractivity contribution in [3.8, 4) is 11.3 Å². The van der Waals surface area contributed by atoms with E-state index >= 15 is 0 Å². The molecular weight excluding hydrogens is 546 g/mol. The van der Waals surface area contributed by atoms with Crippen molar-refractivity contribution in [1.82, 2.24) is 15.0 Å². The maximum atomic E-state index is 13.7. The van der Waals surface area contributed by atoms with Crippen LogP contribution in [-0.2, 0) is 8.57 Å². The SMILES string of the molecule is O=[Se]1C(c2ccc(F)c(F)c2)=CC=C1[C@@H]1O[C@H](CO)[C@H](O)[C@H](n2cc(-c3cccc(F)c3)nn2)[C@H]1O. The van der Waals surface area contributed by atoms with E-state index in [0.29, 0.717) is 5.56 Å². The molecule has 0 saturated carbocycles. The van der Waals surface area contributed by atoms with Gasteiger partial charge in [0.25, 0.3) is 0 Å². The minimum atomic E-state index is -3.07. The van der Waals surface area contributed by atoms with Crippen molar-refractivity contribution in [2.45, 2.75) is 30.5 Å². The molecule has 2 aliphatic heterocycles. The molecule has 0 spiro atoms. The van der Waals surface area contributed by atoms with E-state index in [1.807, 2.05) is 0 Å². The molecule has 0 bridgehead atoms. The molecule has 2 aliphatic rings. The Morgan fingerprint density at radius 3 is 2.53 bits per heavy atom. The number of hydrogen-bond donors (Lipinski definition) is 3. The first-order chi connectivity index (χ1) is 17.3. The average Bonchev–Trinajstić information content (AvgIpc) is 3.49. The third kappa shape index (κ3) is 4.36. The zero-order valence-corrected chi connectivity index (χ0v) is 20.1. The number of hydrogen-bond acceptors (Lipinski definition) is 7. The van der Waals surface area contributed by atoms with Crippen molar-refractivity contribution in [3.63, 3.8) is 0 Å². The molecule has 1 unspecified atom stereocenters. The number of allylic oxidation sites excluding steroid dienone is 2. The van der Waals surface area contributed by atoms with Gasteiger partial charge in [0.2, 0.25) is 0 Å². The van der Waals surface area contributed by atoms with Gasteiger partial charge in [-0.05, 0) is 0 Å². The van der Waals surface area contributed by atoms with Gasteiger partial charge in [-0.15, -0.1) is 0 Å². The second-order valence-electron chi connectivity index (χ2n) is 8.34. The van der Waals surface area contributed by atoms with Crippen LogP contribution in [-0.4, -0.2) is 75.2 Å². The van der Waals surface area contributed by atoms with Gasteiger partial charge in [-0.2, -0.15) is 0 Å². The summed E-state index contributed by atoms with van der Waals surface area (Å²) in [5.41, 5.74) is 0.949. The molecule has 8 nitrogen and oxygen atoms in total. The van der Waals surface area contributed by atoms with Crippen molar-refractivity contribution in [1.29, 1.82) is 0 Å². The van der Waals surface area contributed by atoms with Crippen LogP contribution in [0.1, 0.15) is 11.6 Å². The van der Waals surface area contributed by atoms with E-state index in [4.69, 9.17) is 4.74 Å². The molecule has 0 amide bonds. The minimum absolute atomic E-state index is 0.211. The molecule has 36 heavy (non-hydrogen) atoms. The quantitative estimate of drug-likeness (QED) is 0.404. The summed E-state index contributed by atoms with van der Waals surface area (Å²) in [6.07, 6.45) is -0.840. The van der Waals surface area contributed by atoms with Gasteiger partial charge in [0.15, 0.2) is 0 Å². The fourth-order valence-corrected chi connectivity index (χ4v) is 7.22. The molecule has 5 rings (SSSR count). The summed E-state index contributed by atoms with van der Waals surface area (Å²) in [4.78, 5) is 0. The van der Waals surface area contributed by atoms with E-state index in [1.54, 1.807) is 6.07 Å². The first-order valence-corrected chi connectivity index (χ1v) is 13.3. The molecule has 12 heteroatoms. The number of aromatic nitrogens is 3. The van der Waals surface area contributed by atoms with E-state index in [0.717, 1.165) is 12.1 Å². The molecule has 6 atom stereocenters. The van der Waals surface area contributed by atoms with Crippen LogP contribution in [0.4, 0.5) is 13.2 Å². The van der Waals surface area contributed by atoms with E-state index in [-0.39, 0.29) is 20.2 Å². The summed E-state index contributed by atoms with van der Waals surface area (Å²) in [7, 11) is 0. The van der Waals surface area contributed by atoms with Crippen LogP contribution < -0.4 is 0 Å². The van der Waals surface area contributed by atoms with Crippen LogP contribution in [0.15, 0.2) is 65.3 Å². The molecule has 0 radical (unpaired) electrons. The van der Waals surface area contributed by atoms with Gasteiger partial charge in [-0.3, -0.25) is 0 Å². The molecule has 3 aromatic rings. The average molecular weight is 566 g/mol. The number of aliphatic hydroxyl groups excluding tert-OH is 3.